The average molecular weight is 555 g/mol. The summed E-state index contributed by atoms with van der Waals surface area (Å²) in [5, 5.41) is 22.6. The van der Waals surface area contributed by atoms with Gasteiger partial charge in [-0.2, -0.15) is 10.4 Å². The molecule has 0 radical (unpaired) electrons. The minimum absolute atomic E-state index is 0.130. The lowest BCUT2D eigenvalue weighted by molar-refractivity contribution is -0.133. The van der Waals surface area contributed by atoms with Gasteiger partial charge in [0.05, 0.1) is 17.7 Å². The smallest absolute Gasteiger partial charge is 0.412 e. The Morgan fingerprint density at radius 2 is 2.00 bits per heavy atom. The molecule has 2 atom stereocenters. The van der Waals surface area contributed by atoms with Crippen LogP contribution in [0.4, 0.5) is 10.5 Å². The van der Waals surface area contributed by atoms with Gasteiger partial charge in [0.25, 0.3) is 5.91 Å². The first kappa shape index (κ1) is 25.4. The Balaban J connectivity index is 1.27. The maximum Gasteiger partial charge on any atom is 0.412 e. The molecule has 4 aromatic rings. The van der Waals surface area contributed by atoms with Crippen molar-refractivity contribution < 1.29 is 19.1 Å². The van der Waals surface area contributed by atoms with E-state index in [0.29, 0.717) is 45.7 Å². The number of ether oxygens (including phenoxy) is 1. The third kappa shape index (κ3) is 4.61. The molecule has 3 aromatic carbocycles. The highest BCUT2D eigenvalue weighted by Crippen LogP contribution is 2.43. The summed E-state index contributed by atoms with van der Waals surface area (Å²) in [6.45, 7) is 0.459. The zero-order valence-corrected chi connectivity index (χ0v) is 21.9. The van der Waals surface area contributed by atoms with Crippen molar-refractivity contribution in [3.05, 3.63) is 94.1 Å². The lowest BCUT2D eigenvalue weighted by Gasteiger charge is -2.35. The summed E-state index contributed by atoms with van der Waals surface area (Å²) >= 11 is 6.26. The highest BCUT2D eigenvalue weighted by Gasteiger charge is 2.49. The van der Waals surface area contributed by atoms with Crippen molar-refractivity contribution in [2.24, 2.45) is 0 Å². The molecule has 40 heavy (non-hydrogen) atoms. The summed E-state index contributed by atoms with van der Waals surface area (Å²) in [4.78, 5) is 41.3. The number of nitrogens with one attached hydrogen (secondary N) is 3. The van der Waals surface area contributed by atoms with Gasteiger partial charge in [0.1, 0.15) is 12.1 Å². The third-order valence-electron chi connectivity index (χ3n) is 7.36. The number of halogens is 1. The molecule has 3 N–H and O–H groups in total. The van der Waals surface area contributed by atoms with Gasteiger partial charge in [-0.25, -0.2) is 4.79 Å². The number of nitrogens with zero attached hydrogens (tertiary/aromatic N) is 3. The summed E-state index contributed by atoms with van der Waals surface area (Å²) in [5.41, 5.74) is 2.25. The predicted molar refractivity (Wildman–Crippen MR) is 147 cm³/mol. The number of benzene rings is 3. The standard InChI is InChI=1S/C29H23ClN6O4/c30-19-7-9-22-21(14-19)29(40-28(39)33-22)10-11-36(16-29)27(38)24(12-17-4-2-1-3-5-17)32-26(37)18-6-8-20-23(13-18)34-35-25(20)15-31/h1-9,13-14,24H,10-12,16H2,(H,32,37)(H,33,39)(H,34,35)/t24-,29-/m0/s1. The van der Waals surface area contributed by atoms with Crippen molar-refractivity contribution in [1.82, 2.24) is 20.4 Å². The van der Waals surface area contributed by atoms with Crippen LogP contribution in [0.25, 0.3) is 10.9 Å². The number of likely N-dealkylation sites (tertiary alicyclic amines) is 1. The maximum atomic E-state index is 13.9. The van der Waals surface area contributed by atoms with Gasteiger partial charge in [-0.05, 0) is 42.0 Å². The number of fused-ring (bicyclic) bond motifs is 3. The Labute approximate surface area is 233 Å². The van der Waals surface area contributed by atoms with E-state index in [-0.39, 0.29) is 24.6 Å². The van der Waals surface area contributed by atoms with Crippen molar-refractivity contribution in [2.45, 2.75) is 24.5 Å². The number of anilines is 1. The van der Waals surface area contributed by atoms with E-state index in [2.05, 4.69) is 20.8 Å². The van der Waals surface area contributed by atoms with E-state index in [0.717, 1.165) is 5.56 Å². The summed E-state index contributed by atoms with van der Waals surface area (Å²) in [5.74, 6) is -0.731. The maximum absolute atomic E-state index is 13.9. The number of hydrogen-bond acceptors (Lipinski definition) is 6. The van der Waals surface area contributed by atoms with Crippen LogP contribution in [0.5, 0.6) is 0 Å². The molecule has 6 rings (SSSR count). The number of rotatable bonds is 5. The van der Waals surface area contributed by atoms with Crippen LogP contribution < -0.4 is 10.6 Å². The van der Waals surface area contributed by atoms with Crippen molar-refractivity contribution in [3.8, 4) is 6.07 Å². The Morgan fingerprint density at radius 3 is 2.80 bits per heavy atom. The first-order valence-corrected chi connectivity index (χ1v) is 13.0. The number of hydrogen-bond donors (Lipinski definition) is 3. The van der Waals surface area contributed by atoms with Gasteiger partial charge in [-0.1, -0.05) is 41.9 Å². The number of amides is 3. The summed E-state index contributed by atoms with van der Waals surface area (Å²) in [6.07, 6.45) is 0.0688. The van der Waals surface area contributed by atoms with E-state index in [9.17, 15) is 19.6 Å². The topological polar surface area (TPSA) is 140 Å². The first-order chi connectivity index (χ1) is 19.3. The zero-order chi connectivity index (χ0) is 27.9. The van der Waals surface area contributed by atoms with Gasteiger partial charge in [-0.15, -0.1) is 0 Å². The molecule has 2 aliphatic heterocycles. The predicted octanol–water partition coefficient (Wildman–Crippen LogP) is 4.12. The number of aromatic amines is 1. The molecule has 11 heteroatoms. The highest BCUT2D eigenvalue weighted by molar-refractivity contribution is 6.30. The Morgan fingerprint density at radius 1 is 1.18 bits per heavy atom. The quantitative estimate of drug-likeness (QED) is 0.339. The monoisotopic (exact) mass is 554 g/mol. The zero-order valence-electron chi connectivity index (χ0n) is 21.1. The fraction of sp³-hybridized carbons (Fsp3) is 0.207. The van der Waals surface area contributed by atoms with Crippen LogP contribution in [0, 0.1) is 11.3 Å². The lowest BCUT2D eigenvalue weighted by Crippen LogP contribution is -2.50. The van der Waals surface area contributed by atoms with Crippen LogP contribution in [0.1, 0.15) is 33.6 Å². The number of H-pyrrole nitrogens is 1. The van der Waals surface area contributed by atoms with Crippen LogP contribution in [0.15, 0.2) is 66.7 Å². The number of aromatic nitrogens is 2. The highest BCUT2D eigenvalue weighted by atomic mass is 35.5. The first-order valence-electron chi connectivity index (χ1n) is 12.7. The minimum atomic E-state index is -1.04. The van der Waals surface area contributed by atoms with E-state index in [4.69, 9.17) is 16.3 Å². The molecule has 1 spiro atoms. The van der Waals surface area contributed by atoms with E-state index >= 15 is 0 Å². The Kier molecular flexibility index (Phi) is 6.36. The fourth-order valence-electron chi connectivity index (χ4n) is 5.40. The Hall–Kier alpha value is -4.88. The molecule has 0 bridgehead atoms. The molecule has 0 unspecified atom stereocenters. The molecule has 200 valence electrons. The molecule has 3 heterocycles. The molecule has 1 fully saturated rings. The van der Waals surface area contributed by atoms with Gasteiger partial charge >= 0.3 is 6.09 Å². The van der Waals surface area contributed by atoms with E-state index < -0.39 is 23.6 Å². The van der Waals surface area contributed by atoms with Gasteiger partial charge in [0.15, 0.2) is 11.3 Å². The number of carbonyl (C=O) groups excluding carboxylic acids is 3. The van der Waals surface area contributed by atoms with Crippen LogP contribution in [-0.2, 0) is 21.6 Å². The SMILES string of the molecule is N#Cc1n[nH]c2cc(C(=O)N[C@@H](Cc3ccccc3)C(=O)N3CC[C@@]4(C3)OC(=O)Nc3ccc(Cl)cc34)ccc12. The molecule has 10 nitrogen and oxygen atoms in total. The van der Waals surface area contributed by atoms with Crippen molar-refractivity contribution in [3.63, 3.8) is 0 Å². The van der Waals surface area contributed by atoms with Gasteiger partial charge in [-0.3, -0.25) is 20.0 Å². The fourth-order valence-corrected chi connectivity index (χ4v) is 5.57. The number of nitriles is 1. The molecular formula is C29H23ClN6O4. The molecular weight excluding hydrogens is 532 g/mol. The molecule has 3 amide bonds. The van der Waals surface area contributed by atoms with Crippen LogP contribution in [-0.4, -0.2) is 52.1 Å². The molecule has 1 aromatic heterocycles. The van der Waals surface area contributed by atoms with Gasteiger partial charge in [0, 0.05) is 40.9 Å². The lowest BCUT2D eigenvalue weighted by atomic mass is 9.90. The Bertz CT molecular complexity index is 1700. The van der Waals surface area contributed by atoms with E-state index in [1.165, 1.54) is 0 Å². The second-order valence-corrected chi connectivity index (χ2v) is 10.3. The summed E-state index contributed by atoms with van der Waals surface area (Å²) in [6, 6.07) is 20.5. The summed E-state index contributed by atoms with van der Waals surface area (Å²) in [7, 11) is 0. The molecule has 0 saturated carbocycles. The van der Waals surface area contributed by atoms with Crippen molar-refractivity contribution in [1.29, 1.82) is 5.26 Å². The average Bonchev–Trinajstić information content (AvgIpc) is 3.57. The third-order valence-corrected chi connectivity index (χ3v) is 7.59. The second-order valence-electron chi connectivity index (χ2n) is 9.87. The van der Waals surface area contributed by atoms with Gasteiger partial charge in [0.2, 0.25) is 5.91 Å². The second kappa shape index (κ2) is 10.0. The van der Waals surface area contributed by atoms with Crippen molar-refractivity contribution in [2.75, 3.05) is 18.4 Å². The summed E-state index contributed by atoms with van der Waals surface area (Å²) < 4.78 is 5.78. The normalized spacial score (nSPS) is 18.5. The van der Waals surface area contributed by atoms with Crippen LogP contribution >= 0.6 is 11.6 Å². The largest absolute Gasteiger partial charge is 0.436 e. The van der Waals surface area contributed by atoms with Gasteiger partial charge < -0.3 is 15.0 Å². The number of carbonyl (C=O) groups is 3. The van der Waals surface area contributed by atoms with Crippen molar-refractivity contribution >= 4 is 46.1 Å². The molecule has 0 aliphatic carbocycles. The van der Waals surface area contributed by atoms with Crippen LogP contribution in [0.3, 0.4) is 0 Å². The molecule has 1 saturated heterocycles. The van der Waals surface area contributed by atoms with Crippen LogP contribution in [0.2, 0.25) is 5.02 Å². The van der Waals surface area contributed by atoms with E-state index in [1.54, 1.807) is 41.3 Å². The van der Waals surface area contributed by atoms with E-state index in [1.807, 2.05) is 36.4 Å². The molecule has 2 aliphatic rings. The minimum Gasteiger partial charge on any atom is -0.436 e.